The lowest BCUT2D eigenvalue weighted by Gasteiger charge is -2.48. The van der Waals surface area contributed by atoms with Crippen molar-refractivity contribution in [2.75, 3.05) is 0 Å². The number of carbonyl (C=O) groups is 2. The Bertz CT molecular complexity index is 362. The number of aliphatic hydroxyl groups is 2. The molecule has 0 spiro atoms. The Kier molecular flexibility index (Phi) is 3.96. The molecular formula is C10H18N2O6. The van der Waals surface area contributed by atoms with Crippen LogP contribution >= 0.6 is 0 Å². The van der Waals surface area contributed by atoms with E-state index < -0.39 is 35.2 Å². The zero-order chi connectivity index (χ0) is 14.1. The third kappa shape index (κ3) is 1.97. The summed E-state index contributed by atoms with van der Waals surface area (Å²) >= 11 is 0. The van der Waals surface area contributed by atoms with Crippen LogP contribution < -0.4 is 11.5 Å². The van der Waals surface area contributed by atoms with E-state index in [9.17, 15) is 19.8 Å². The van der Waals surface area contributed by atoms with Crippen molar-refractivity contribution in [3.8, 4) is 0 Å². The average Bonchev–Trinajstić information content (AvgIpc) is 2.30. The van der Waals surface area contributed by atoms with Crippen molar-refractivity contribution in [2.24, 2.45) is 11.5 Å². The van der Waals surface area contributed by atoms with Gasteiger partial charge in [-0.2, -0.15) is 0 Å². The molecule has 0 bridgehead atoms. The molecule has 0 aromatic carbocycles. The lowest BCUT2D eigenvalue weighted by atomic mass is 9.65. The second-order valence-electron chi connectivity index (χ2n) is 4.70. The molecule has 0 saturated heterocycles. The van der Waals surface area contributed by atoms with Crippen LogP contribution in [0.15, 0.2) is 0 Å². The van der Waals surface area contributed by atoms with Gasteiger partial charge in [0.2, 0.25) is 5.60 Å². The van der Waals surface area contributed by atoms with Gasteiger partial charge in [-0.25, -0.2) is 9.59 Å². The second-order valence-corrected chi connectivity index (χ2v) is 4.70. The molecular weight excluding hydrogens is 244 g/mol. The van der Waals surface area contributed by atoms with Crippen molar-refractivity contribution < 1.29 is 30.0 Å². The van der Waals surface area contributed by atoms with E-state index in [-0.39, 0.29) is 6.42 Å². The first-order valence-corrected chi connectivity index (χ1v) is 5.59. The summed E-state index contributed by atoms with van der Waals surface area (Å²) in [4.78, 5) is 22.0. The topological polar surface area (TPSA) is 167 Å². The third-order valence-electron chi connectivity index (χ3n) is 3.68. The van der Waals surface area contributed by atoms with Crippen LogP contribution in [0, 0.1) is 0 Å². The summed E-state index contributed by atoms with van der Waals surface area (Å²) in [6.07, 6.45) is -0.936. The number of hydrogen-bond donors (Lipinski definition) is 6. The van der Waals surface area contributed by atoms with Crippen molar-refractivity contribution in [3.63, 3.8) is 0 Å². The van der Waals surface area contributed by atoms with Crippen LogP contribution in [0.4, 0.5) is 0 Å². The first-order valence-electron chi connectivity index (χ1n) is 5.59. The second kappa shape index (κ2) is 4.81. The van der Waals surface area contributed by atoms with Gasteiger partial charge in [-0.05, 0) is 12.8 Å². The average molecular weight is 262 g/mol. The van der Waals surface area contributed by atoms with Crippen LogP contribution in [-0.2, 0) is 9.59 Å². The zero-order valence-electron chi connectivity index (χ0n) is 9.74. The minimum atomic E-state index is -3.02. The fraction of sp³-hybridized carbons (Fsp3) is 0.800. The molecule has 1 aliphatic rings. The molecule has 8 N–H and O–H groups in total. The quantitative estimate of drug-likeness (QED) is 0.333. The van der Waals surface area contributed by atoms with Crippen molar-refractivity contribution in [3.05, 3.63) is 0 Å². The number of hydrogen-bond acceptors (Lipinski definition) is 6. The molecule has 1 saturated carbocycles. The highest BCUT2D eigenvalue weighted by molar-refractivity contribution is 5.89. The molecule has 0 aliphatic heterocycles. The molecule has 0 aromatic rings. The Balaban J connectivity index is 3.26. The Morgan fingerprint density at radius 3 is 2.28 bits per heavy atom. The van der Waals surface area contributed by atoms with E-state index in [1.807, 2.05) is 0 Å². The predicted octanol–water partition coefficient (Wildman–Crippen LogP) is -2.15. The molecule has 8 nitrogen and oxygen atoms in total. The van der Waals surface area contributed by atoms with Gasteiger partial charge in [0.05, 0.1) is 5.54 Å². The summed E-state index contributed by atoms with van der Waals surface area (Å²) in [5, 5.41) is 37.4. The van der Waals surface area contributed by atoms with Crippen molar-refractivity contribution in [2.45, 2.75) is 49.0 Å². The maximum Gasteiger partial charge on any atom is 0.341 e. The molecule has 18 heavy (non-hydrogen) atoms. The first kappa shape index (κ1) is 14.8. The van der Waals surface area contributed by atoms with Crippen LogP contribution in [-0.4, -0.2) is 55.7 Å². The summed E-state index contributed by atoms with van der Waals surface area (Å²) in [5.74, 6) is -3.75. The van der Waals surface area contributed by atoms with Gasteiger partial charge in [0.25, 0.3) is 0 Å². The molecule has 1 rings (SSSR count). The summed E-state index contributed by atoms with van der Waals surface area (Å²) in [6.45, 7) is 0. The molecule has 4 unspecified atom stereocenters. The van der Waals surface area contributed by atoms with Gasteiger partial charge in [-0.3, -0.25) is 0 Å². The Hall–Kier alpha value is -1.22. The number of aliphatic hydroxyl groups excluding tert-OH is 1. The minimum absolute atomic E-state index is 0.0291. The fourth-order valence-corrected chi connectivity index (χ4v) is 2.45. The molecule has 4 atom stereocenters. The van der Waals surface area contributed by atoms with Crippen LogP contribution in [0.5, 0.6) is 0 Å². The van der Waals surface area contributed by atoms with Gasteiger partial charge in [0.1, 0.15) is 0 Å². The molecule has 0 radical (unpaired) electrons. The molecule has 104 valence electrons. The molecule has 8 heteroatoms. The van der Waals surface area contributed by atoms with Gasteiger partial charge >= 0.3 is 11.9 Å². The number of nitrogens with two attached hydrogens (primary N) is 2. The normalized spacial score (nSPS) is 33.4. The van der Waals surface area contributed by atoms with Crippen LogP contribution in [0.3, 0.4) is 0 Å². The largest absolute Gasteiger partial charge is 0.479 e. The highest BCUT2D eigenvalue weighted by Crippen LogP contribution is 2.36. The van der Waals surface area contributed by atoms with Crippen molar-refractivity contribution in [1.29, 1.82) is 0 Å². The van der Waals surface area contributed by atoms with E-state index in [4.69, 9.17) is 21.7 Å². The number of rotatable bonds is 4. The van der Waals surface area contributed by atoms with E-state index in [1.165, 1.54) is 0 Å². The smallest absolute Gasteiger partial charge is 0.341 e. The van der Waals surface area contributed by atoms with Crippen LogP contribution in [0.25, 0.3) is 0 Å². The third-order valence-corrected chi connectivity index (χ3v) is 3.68. The molecule has 1 aliphatic carbocycles. The first-order chi connectivity index (χ1) is 8.18. The molecule has 0 aromatic heterocycles. The van der Waals surface area contributed by atoms with Crippen molar-refractivity contribution in [1.82, 2.24) is 0 Å². The summed E-state index contributed by atoms with van der Waals surface area (Å²) in [5.41, 5.74) is 6.67. The van der Waals surface area contributed by atoms with Gasteiger partial charge in [0.15, 0.2) is 6.10 Å². The SMILES string of the molecule is NC1CCCCC1(N)C(O)(C(=O)O)C(O)C(=O)O. The van der Waals surface area contributed by atoms with Gasteiger partial charge < -0.3 is 31.9 Å². The number of carboxylic acids is 2. The molecule has 1 fully saturated rings. The van der Waals surface area contributed by atoms with Crippen LogP contribution in [0.1, 0.15) is 25.7 Å². The van der Waals surface area contributed by atoms with Gasteiger partial charge in [-0.15, -0.1) is 0 Å². The standard InChI is InChI=1S/C10H18N2O6/c11-5-3-1-2-4-9(5,12)10(18,8(16)17)6(13)7(14)15/h5-6,13,18H,1-4,11-12H2,(H,14,15)(H,16,17). The Morgan fingerprint density at radius 2 is 1.89 bits per heavy atom. The van der Waals surface area contributed by atoms with E-state index >= 15 is 0 Å². The molecule has 0 amide bonds. The lowest BCUT2D eigenvalue weighted by molar-refractivity contribution is -0.199. The van der Waals surface area contributed by atoms with Crippen LogP contribution in [0.2, 0.25) is 0 Å². The number of aliphatic carboxylic acids is 2. The summed E-state index contributed by atoms with van der Waals surface area (Å²) < 4.78 is 0. The zero-order valence-corrected chi connectivity index (χ0v) is 9.74. The highest BCUT2D eigenvalue weighted by atomic mass is 16.4. The van der Waals surface area contributed by atoms with E-state index in [2.05, 4.69) is 0 Å². The van der Waals surface area contributed by atoms with E-state index in [0.717, 1.165) is 0 Å². The monoisotopic (exact) mass is 262 g/mol. The molecule has 0 heterocycles. The van der Waals surface area contributed by atoms with Crippen molar-refractivity contribution >= 4 is 11.9 Å². The Labute approximate surface area is 103 Å². The lowest BCUT2D eigenvalue weighted by Crippen LogP contribution is -2.78. The fourth-order valence-electron chi connectivity index (χ4n) is 2.45. The van der Waals surface area contributed by atoms with E-state index in [1.54, 1.807) is 0 Å². The summed E-state index contributed by atoms with van der Waals surface area (Å²) in [7, 11) is 0. The maximum absolute atomic E-state index is 11.2. The van der Waals surface area contributed by atoms with E-state index in [0.29, 0.717) is 19.3 Å². The minimum Gasteiger partial charge on any atom is -0.479 e. The van der Waals surface area contributed by atoms with Gasteiger partial charge in [-0.1, -0.05) is 12.8 Å². The summed E-state index contributed by atoms with van der Waals surface area (Å²) in [6, 6.07) is -0.902. The highest BCUT2D eigenvalue weighted by Gasteiger charge is 2.63. The predicted molar refractivity (Wildman–Crippen MR) is 59.6 cm³/mol. The Morgan fingerprint density at radius 1 is 1.33 bits per heavy atom. The number of carboxylic acid groups (broad SMARTS) is 2. The van der Waals surface area contributed by atoms with Gasteiger partial charge in [0, 0.05) is 6.04 Å². The maximum atomic E-state index is 11.2.